The minimum atomic E-state index is -0.963. The molecule has 1 aromatic rings. The highest BCUT2D eigenvalue weighted by Gasteiger charge is 2.44. The second-order valence-electron chi connectivity index (χ2n) is 4.80. The number of hydrogen-bond acceptors (Lipinski definition) is 6. The van der Waals surface area contributed by atoms with Crippen molar-refractivity contribution < 1.29 is 19.1 Å². The second-order valence-corrected chi connectivity index (χ2v) is 4.80. The maximum atomic E-state index is 12.6. The van der Waals surface area contributed by atoms with Crippen molar-refractivity contribution in [3.8, 4) is 0 Å². The molecular formula is C13H18N4O4. The third kappa shape index (κ3) is 2.88. The summed E-state index contributed by atoms with van der Waals surface area (Å²) in [5.41, 5.74) is -0.963. The van der Waals surface area contributed by atoms with E-state index < -0.39 is 23.8 Å². The van der Waals surface area contributed by atoms with Crippen molar-refractivity contribution >= 4 is 12.0 Å². The molecule has 0 aromatic carbocycles. The first-order valence-corrected chi connectivity index (χ1v) is 6.69. The van der Waals surface area contributed by atoms with Gasteiger partial charge in [-0.1, -0.05) is 5.21 Å². The van der Waals surface area contributed by atoms with Gasteiger partial charge in [-0.25, -0.2) is 9.59 Å². The van der Waals surface area contributed by atoms with Crippen LogP contribution in [0.4, 0.5) is 4.79 Å². The fourth-order valence-electron chi connectivity index (χ4n) is 2.23. The molecule has 1 aromatic heterocycles. The fraction of sp³-hybridized carbons (Fsp3) is 0.538. The van der Waals surface area contributed by atoms with Crippen LogP contribution < -0.4 is 0 Å². The van der Waals surface area contributed by atoms with Gasteiger partial charge in [0.05, 0.1) is 25.3 Å². The van der Waals surface area contributed by atoms with Crippen molar-refractivity contribution in [1.29, 1.82) is 0 Å². The van der Waals surface area contributed by atoms with Crippen LogP contribution >= 0.6 is 0 Å². The Balaban J connectivity index is 2.30. The van der Waals surface area contributed by atoms with Crippen LogP contribution in [-0.4, -0.2) is 50.3 Å². The molecule has 2 heterocycles. The Morgan fingerprint density at radius 3 is 2.86 bits per heavy atom. The first-order valence-electron chi connectivity index (χ1n) is 6.69. The molecule has 0 N–H and O–H groups in total. The molecule has 1 amide bonds. The maximum absolute atomic E-state index is 12.6. The first-order chi connectivity index (χ1) is 9.99. The Labute approximate surface area is 122 Å². The van der Waals surface area contributed by atoms with E-state index in [0.717, 1.165) is 4.68 Å². The van der Waals surface area contributed by atoms with Crippen molar-refractivity contribution in [1.82, 2.24) is 19.9 Å². The number of hydrogen-bond donors (Lipinski definition) is 0. The summed E-state index contributed by atoms with van der Waals surface area (Å²) in [7, 11) is 0. The number of aromatic nitrogens is 3. The minimum Gasteiger partial charge on any atom is -0.476 e. The standard InChI is InChI=1S/C13H18N4O4/c1-4-20-11(18)10(2)17(13(3)6-5-9-21-13)12(19)16-8-7-14-15-16/h5,7-10H,4,6H2,1-3H3. The molecule has 1 aliphatic rings. The molecule has 0 aliphatic carbocycles. The molecule has 0 saturated carbocycles. The van der Waals surface area contributed by atoms with E-state index >= 15 is 0 Å². The van der Waals surface area contributed by atoms with Crippen LogP contribution in [-0.2, 0) is 14.3 Å². The Hall–Kier alpha value is -2.38. The fourth-order valence-corrected chi connectivity index (χ4v) is 2.23. The van der Waals surface area contributed by atoms with Crippen LogP contribution in [0, 0.1) is 0 Å². The van der Waals surface area contributed by atoms with Crippen LogP contribution in [0.25, 0.3) is 0 Å². The molecule has 0 saturated heterocycles. The summed E-state index contributed by atoms with van der Waals surface area (Å²) in [5, 5.41) is 7.28. The lowest BCUT2D eigenvalue weighted by Gasteiger charge is -2.39. The molecule has 0 fully saturated rings. The molecule has 1 aliphatic heterocycles. The summed E-state index contributed by atoms with van der Waals surface area (Å²) in [6, 6.07) is -1.31. The zero-order valence-corrected chi connectivity index (χ0v) is 12.2. The summed E-state index contributed by atoms with van der Waals surface area (Å²) in [6.07, 6.45) is 6.58. The van der Waals surface area contributed by atoms with Gasteiger partial charge in [-0.15, -0.1) is 5.10 Å². The average molecular weight is 294 g/mol. The maximum Gasteiger partial charge on any atom is 0.349 e. The lowest BCUT2D eigenvalue weighted by Crippen LogP contribution is -2.57. The number of carbonyl (C=O) groups is 2. The van der Waals surface area contributed by atoms with Gasteiger partial charge >= 0.3 is 12.0 Å². The number of carbonyl (C=O) groups excluding carboxylic acids is 2. The number of esters is 1. The minimum absolute atomic E-state index is 0.240. The summed E-state index contributed by atoms with van der Waals surface area (Å²) in [6.45, 7) is 5.28. The number of amides is 1. The van der Waals surface area contributed by atoms with Gasteiger partial charge in [-0.05, 0) is 26.8 Å². The van der Waals surface area contributed by atoms with E-state index in [1.54, 1.807) is 26.8 Å². The molecule has 114 valence electrons. The highest BCUT2D eigenvalue weighted by Crippen LogP contribution is 2.30. The normalized spacial score (nSPS) is 21.7. The summed E-state index contributed by atoms with van der Waals surface area (Å²) < 4.78 is 11.6. The zero-order chi connectivity index (χ0) is 15.5. The van der Waals surface area contributed by atoms with Gasteiger partial charge < -0.3 is 9.47 Å². The van der Waals surface area contributed by atoms with Gasteiger partial charge in [0.15, 0.2) is 5.72 Å². The van der Waals surface area contributed by atoms with E-state index in [2.05, 4.69) is 10.3 Å². The quantitative estimate of drug-likeness (QED) is 0.774. The Bertz CT molecular complexity index is 532. The van der Waals surface area contributed by atoms with Crippen LogP contribution in [0.1, 0.15) is 27.2 Å². The average Bonchev–Trinajstić information content (AvgIpc) is 3.10. The van der Waals surface area contributed by atoms with E-state index in [1.807, 2.05) is 0 Å². The SMILES string of the molecule is CCOC(=O)C(C)N(C(=O)n1ccnn1)C1(C)CC=CO1. The molecular weight excluding hydrogens is 276 g/mol. The number of ether oxygens (including phenoxy) is 2. The van der Waals surface area contributed by atoms with E-state index in [4.69, 9.17) is 9.47 Å². The Kier molecular flexibility index (Phi) is 4.25. The molecule has 0 bridgehead atoms. The largest absolute Gasteiger partial charge is 0.476 e. The van der Waals surface area contributed by atoms with E-state index in [9.17, 15) is 9.59 Å². The Morgan fingerprint density at radius 1 is 1.57 bits per heavy atom. The summed E-state index contributed by atoms with van der Waals surface area (Å²) in [5.74, 6) is -0.498. The third-order valence-corrected chi connectivity index (χ3v) is 3.26. The predicted octanol–water partition coefficient (Wildman–Crippen LogP) is 1.15. The lowest BCUT2D eigenvalue weighted by molar-refractivity contribution is -0.156. The van der Waals surface area contributed by atoms with Crippen molar-refractivity contribution in [2.45, 2.75) is 39.0 Å². The van der Waals surface area contributed by atoms with Crippen molar-refractivity contribution in [2.75, 3.05) is 6.61 Å². The number of nitrogens with zero attached hydrogens (tertiary/aromatic N) is 4. The van der Waals surface area contributed by atoms with Gasteiger partial charge in [-0.2, -0.15) is 4.68 Å². The summed E-state index contributed by atoms with van der Waals surface area (Å²) >= 11 is 0. The van der Waals surface area contributed by atoms with Crippen LogP contribution in [0.5, 0.6) is 0 Å². The third-order valence-electron chi connectivity index (χ3n) is 3.26. The van der Waals surface area contributed by atoms with Gasteiger partial charge in [0.2, 0.25) is 0 Å². The molecule has 2 rings (SSSR count). The molecule has 0 spiro atoms. The topological polar surface area (TPSA) is 86.6 Å². The van der Waals surface area contributed by atoms with Gasteiger partial charge in [0.1, 0.15) is 6.04 Å². The highest BCUT2D eigenvalue weighted by molar-refractivity contribution is 5.84. The Morgan fingerprint density at radius 2 is 2.33 bits per heavy atom. The van der Waals surface area contributed by atoms with Crippen molar-refractivity contribution in [3.63, 3.8) is 0 Å². The van der Waals surface area contributed by atoms with Gasteiger partial charge in [0.25, 0.3) is 0 Å². The van der Waals surface area contributed by atoms with Gasteiger partial charge in [-0.3, -0.25) is 4.90 Å². The smallest absolute Gasteiger partial charge is 0.349 e. The van der Waals surface area contributed by atoms with Crippen molar-refractivity contribution in [3.05, 3.63) is 24.7 Å². The van der Waals surface area contributed by atoms with Crippen LogP contribution in [0.2, 0.25) is 0 Å². The molecule has 0 radical (unpaired) electrons. The first kappa shape index (κ1) is 15.0. The molecule has 2 unspecified atom stereocenters. The lowest BCUT2D eigenvalue weighted by atomic mass is 10.1. The highest BCUT2D eigenvalue weighted by atomic mass is 16.5. The second kappa shape index (κ2) is 5.94. The van der Waals surface area contributed by atoms with E-state index in [0.29, 0.717) is 6.42 Å². The van der Waals surface area contributed by atoms with Crippen molar-refractivity contribution in [2.24, 2.45) is 0 Å². The van der Waals surface area contributed by atoms with E-state index in [-0.39, 0.29) is 6.61 Å². The predicted molar refractivity (Wildman–Crippen MR) is 72.0 cm³/mol. The molecule has 21 heavy (non-hydrogen) atoms. The zero-order valence-electron chi connectivity index (χ0n) is 12.2. The monoisotopic (exact) mass is 294 g/mol. The van der Waals surface area contributed by atoms with Crippen LogP contribution in [0.3, 0.4) is 0 Å². The molecule has 8 heteroatoms. The van der Waals surface area contributed by atoms with Gasteiger partial charge in [0, 0.05) is 6.42 Å². The van der Waals surface area contributed by atoms with Crippen LogP contribution in [0.15, 0.2) is 24.7 Å². The van der Waals surface area contributed by atoms with E-state index in [1.165, 1.54) is 23.6 Å². The molecule has 8 nitrogen and oxygen atoms in total. The molecule has 2 atom stereocenters. The summed E-state index contributed by atoms with van der Waals surface area (Å²) in [4.78, 5) is 26.0. The number of rotatable bonds is 4.